The van der Waals surface area contributed by atoms with Crippen molar-refractivity contribution in [2.75, 3.05) is 12.3 Å². The van der Waals surface area contributed by atoms with Crippen LogP contribution in [-0.2, 0) is 4.79 Å². The Balaban J connectivity index is 2.22. The molecular weight excluding hydrogens is 214 g/mol. The van der Waals surface area contributed by atoms with Crippen molar-refractivity contribution in [3.05, 3.63) is 5.69 Å². The van der Waals surface area contributed by atoms with Gasteiger partial charge in [-0.3, -0.25) is 4.79 Å². The Bertz CT molecular complexity index is 429. The SMILES string of the molecule is Nc1n[nH]nc1C(=O)N1CCCC1C(=O)O. The molecular formula is C8H11N5O3. The lowest BCUT2D eigenvalue weighted by Crippen LogP contribution is -2.40. The maximum Gasteiger partial charge on any atom is 0.326 e. The van der Waals surface area contributed by atoms with Crippen LogP contribution >= 0.6 is 0 Å². The van der Waals surface area contributed by atoms with Crippen LogP contribution in [0.25, 0.3) is 0 Å². The Labute approximate surface area is 90.4 Å². The minimum atomic E-state index is -1.01. The zero-order valence-electron chi connectivity index (χ0n) is 8.38. The number of anilines is 1. The van der Waals surface area contributed by atoms with Crippen LogP contribution in [-0.4, -0.2) is 49.9 Å². The number of carboxylic acid groups (broad SMARTS) is 1. The Morgan fingerprint density at radius 2 is 2.25 bits per heavy atom. The molecule has 1 fully saturated rings. The molecule has 1 saturated heterocycles. The van der Waals surface area contributed by atoms with Gasteiger partial charge in [0.1, 0.15) is 6.04 Å². The number of hydrogen-bond donors (Lipinski definition) is 3. The van der Waals surface area contributed by atoms with Crippen molar-refractivity contribution in [2.45, 2.75) is 18.9 Å². The van der Waals surface area contributed by atoms with Gasteiger partial charge < -0.3 is 15.7 Å². The van der Waals surface area contributed by atoms with E-state index in [1.165, 1.54) is 4.90 Å². The van der Waals surface area contributed by atoms with Crippen LogP contribution in [0.2, 0.25) is 0 Å². The highest BCUT2D eigenvalue weighted by molar-refractivity contribution is 5.98. The zero-order chi connectivity index (χ0) is 11.7. The summed E-state index contributed by atoms with van der Waals surface area (Å²) in [6, 6.07) is -0.788. The van der Waals surface area contributed by atoms with Crippen molar-refractivity contribution in [3.8, 4) is 0 Å². The van der Waals surface area contributed by atoms with E-state index in [-0.39, 0.29) is 11.5 Å². The fourth-order valence-corrected chi connectivity index (χ4v) is 1.80. The molecule has 1 amide bonds. The third kappa shape index (κ3) is 1.58. The number of carboxylic acids is 1. The van der Waals surface area contributed by atoms with Gasteiger partial charge in [0.15, 0.2) is 11.5 Å². The van der Waals surface area contributed by atoms with Crippen LogP contribution in [0.1, 0.15) is 23.3 Å². The lowest BCUT2D eigenvalue weighted by molar-refractivity contribution is -0.141. The number of rotatable bonds is 2. The number of carbonyl (C=O) groups is 2. The number of aliphatic carboxylic acids is 1. The van der Waals surface area contributed by atoms with E-state index in [0.717, 1.165) is 0 Å². The molecule has 0 bridgehead atoms. The van der Waals surface area contributed by atoms with Crippen LogP contribution in [0.3, 0.4) is 0 Å². The van der Waals surface area contributed by atoms with Gasteiger partial charge in [-0.2, -0.15) is 5.21 Å². The molecule has 0 aromatic carbocycles. The van der Waals surface area contributed by atoms with E-state index in [9.17, 15) is 9.59 Å². The van der Waals surface area contributed by atoms with Crippen molar-refractivity contribution in [1.82, 2.24) is 20.3 Å². The Morgan fingerprint density at radius 1 is 1.50 bits per heavy atom. The van der Waals surface area contributed by atoms with Crippen LogP contribution in [0.4, 0.5) is 5.82 Å². The molecule has 86 valence electrons. The van der Waals surface area contributed by atoms with E-state index in [2.05, 4.69) is 15.4 Å². The lowest BCUT2D eigenvalue weighted by Gasteiger charge is -2.19. The molecule has 1 unspecified atom stereocenters. The van der Waals surface area contributed by atoms with Crippen molar-refractivity contribution < 1.29 is 14.7 Å². The van der Waals surface area contributed by atoms with Crippen LogP contribution < -0.4 is 5.73 Å². The number of aromatic amines is 1. The number of carbonyl (C=O) groups excluding carboxylic acids is 1. The summed E-state index contributed by atoms with van der Waals surface area (Å²) in [4.78, 5) is 24.1. The monoisotopic (exact) mass is 225 g/mol. The van der Waals surface area contributed by atoms with E-state index in [4.69, 9.17) is 10.8 Å². The third-order valence-electron chi connectivity index (χ3n) is 2.58. The van der Waals surface area contributed by atoms with Crippen LogP contribution in [0.5, 0.6) is 0 Å². The first-order valence-electron chi connectivity index (χ1n) is 4.81. The average molecular weight is 225 g/mol. The molecule has 1 aliphatic rings. The third-order valence-corrected chi connectivity index (χ3v) is 2.58. The van der Waals surface area contributed by atoms with Crippen LogP contribution in [0.15, 0.2) is 0 Å². The number of aromatic nitrogens is 3. The minimum absolute atomic E-state index is 0.0129. The first-order chi connectivity index (χ1) is 7.61. The number of nitrogen functional groups attached to an aromatic ring is 1. The van der Waals surface area contributed by atoms with E-state index >= 15 is 0 Å². The summed E-state index contributed by atoms with van der Waals surface area (Å²) in [6.07, 6.45) is 1.12. The predicted molar refractivity (Wildman–Crippen MR) is 52.5 cm³/mol. The van der Waals surface area contributed by atoms with E-state index in [1.54, 1.807) is 0 Å². The van der Waals surface area contributed by atoms with Gasteiger partial charge in [0.25, 0.3) is 5.91 Å². The summed E-state index contributed by atoms with van der Waals surface area (Å²) in [6.45, 7) is 0.405. The van der Waals surface area contributed by atoms with Gasteiger partial charge in [0.2, 0.25) is 0 Å². The Kier molecular flexibility index (Phi) is 2.47. The Hall–Kier alpha value is -2.12. The maximum absolute atomic E-state index is 11.9. The molecule has 1 aromatic rings. The first kappa shape index (κ1) is 10.4. The second-order valence-corrected chi connectivity index (χ2v) is 3.55. The molecule has 0 aliphatic carbocycles. The second-order valence-electron chi connectivity index (χ2n) is 3.55. The fraction of sp³-hybridized carbons (Fsp3) is 0.500. The number of nitrogens with one attached hydrogen (secondary N) is 1. The lowest BCUT2D eigenvalue weighted by atomic mass is 10.2. The van der Waals surface area contributed by atoms with Crippen LogP contribution in [0, 0.1) is 0 Å². The molecule has 2 rings (SSSR count). The molecule has 0 radical (unpaired) electrons. The highest BCUT2D eigenvalue weighted by Gasteiger charge is 2.36. The van der Waals surface area contributed by atoms with Crippen molar-refractivity contribution in [1.29, 1.82) is 0 Å². The molecule has 1 atom stereocenters. The quantitative estimate of drug-likeness (QED) is 0.597. The normalized spacial score (nSPS) is 20.0. The highest BCUT2D eigenvalue weighted by Crippen LogP contribution is 2.20. The van der Waals surface area contributed by atoms with Gasteiger partial charge in [-0.05, 0) is 12.8 Å². The number of amides is 1. The number of likely N-dealkylation sites (tertiary alicyclic amines) is 1. The molecule has 16 heavy (non-hydrogen) atoms. The van der Waals surface area contributed by atoms with Gasteiger partial charge in [0.05, 0.1) is 0 Å². The Morgan fingerprint density at radius 3 is 2.81 bits per heavy atom. The first-order valence-corrected chi connectivity index (χ1v) is 4.81. The summed E-state index contributed by atoms with van der Waals surface area (Å²) in [5.74, 6) is -1.51. The van der Waals surface area contributed by atoms with Crippen molar-refractivity contribution in [2.24, 2.45) is 0 Å². The second kappa shape index (κ2) is 3.80. The molecule has 0 spiro atoms. The summed E-state index contributed by atoms with van der Waals surface area (Å²) in [5.41, 5.74) is 5.41. The summed E-state index contributed by atoms with van der Waals surface area (Å²) in [5, 5.41) is 18.3. The standard InChI is InChI=1S/C8H11N5O3/c9-6-5(10-12-11-6)7(14)13-3-1-2-4(13)8(15)16/h4H,1-3H2,(H,15,16)(H3,9,10,11,12). The molecule has 8 heteroatoms. The number of nitrogens with zero attached hydrogens (tertiary/aromatic N) is 3. The molecule has 1 aromatic heterocycles. The minimum Gasteiger partial charge on any atom is -0.480 e. The topological polar surface area (TPSA) is 125 Å². The summed E-state index contributed by atoms with van der Waals surface area (Å²) in [7, 11) is 0. The molecule has 8 nitrogen and oxygen atoms in total. The largest absolute Gasteiger partial charge is 0.480 e. The fourth-order valence-electron chi connectivity index (χ4n) is 1.80. The van der Waals surface area contributed by atoms with Crippen molar-refractivity contribution in [3.63, 3.8) is 0 Å². The van der Waals surface area contributed by atoms with Gasteiger partial charge in [0, 0.05) is 6.54 Å². The summed E-state index contributed by atoms with van der Waals surface area (Å²) >= 11 is 0. The van der Waals surface area contributed by atoms with Crippen molar-refractivity contribution >= 4 is 17.7 Å². The number of nitrogens with two attached hydrogens (primary N) is 1. The predicted octanol–water partition coefficient (Wildman–Crippen LogP) is -0.924. The molecule has 0 saturated carbocycles. The smallest absolute Gasteiger partial charge is 0.326 e. The van der Waals surface area contributed by atoms with Gasteiger partial charge >= 0.3 is 5.97 Å². The molecule has 4 N–H and O–H groups in total. The maximum atomic E-state index is 11.9. The molecule has 2 heterocycles. The number of H-pyrrole nitrogens is 1. The van der Waals surface area contributed by atoms with E-state index < -0.39 is 17.9 Å². The van der Waals surface area contributed by atoms with Gasteiger partial charge in [-0.15, -0.1) is 10.2 Å². The average Bonchev–Trinajstić information content (AvgIpc) is 2.84. The molecule has 1 aliphatic heterocycles. The van der Waals surface area contributed by atoms with Gasteiger partial charge in [-0.1, -0.05) is 0 Å². The van der Waals surface area contributed by atoms with E-state index in [0.29, 0.717) is 19.4 Å². The summed E-state index contributed by atoms with van der Waals surface area (Å²) < 4.78 is 0. The van der Waals surface area contributed by atoms with Gasteiger partial charge in [-0.25, -0.2) is 4.79 Å². The highest BCUT2D eigenvalue weighted by atomic mass is 16.4. The van der Waals surface area contributed by atoms with E-state index in [1.807, 2.05) is 0 Å². The zero-order valence-corrected chi connectivity index (χ0v) is 8.38. The number of hydrogen-bond acceptors (Lipinski definition) is 5.